The Balaban J connectivity index is 3.08. The molecule has 0 bridgehead atoms. The molecule has 0 spiro atoms. The van der Waals surface area contributed by atoms with Gasteiger partial charge in [0.15, 0.2) is 0 Å². The summed E-state index contributed by atoms with van der Waals surface area (Å²) in [6.07, 6.45) is 20.0. The Morgan fingerprint density at radius 3 is 1.95 bits per heavy atom. The van der Waals surface area contributed by atoms with E-state index in [1.54, 1.807) is 0 Å². The Hall–Kier alpha value is -0.340. The van der Waals surface area contributed by atoms with Crippen molar-refractivity contribution >= 4 is 6.60 Å². The van der Waals surface area contributed by atoms with Crippen LogP contribution in [0.2, 0.25) is 0 Å². The SMILES string of the molecule is CCCCP1(CCCC)(CCCC)CCC/C(=C\C#N)C1. The van der Waals surface area contributed by atoms with E-state index in [4.69, 9.17) is 5.26 Å². The maximum absolute atomic E-state index is 9.09. The van der Waals surface area contributed by atoms with Crippen LogP contribution in [-0.2, 0) is 0 Å². The summed E-state index contributed by atoms with van der Waals surface area (Å²) in [5.74, 6) is 0. The molecular formula is C19H36NP. The third kappa shape index (κ3) is 5.10. The molecule has 0 saturated carbocycles. The first-order chi connectivity index (χ1) is 10.1. The minimum absolute atomic E-state index is 1.19. The summed E-state index contributed by atoms with van der Waals surface area (Å²) in [7, 11) is 0. The van der Waals surface area contributed by atoms with Crippen molar-refractivity contribution < 1.29 is 0 Å². The van der Waals surface area contributed by atoms with Gasteiger partial charge in [0, 0.05) is 0 Å². The summed E-state index contributed by atoms with van der Waals surface area (Å²) in [5.41, 5.74) is 1.49. The van der Waals surface area contributed by atoms with Gasteiger partial charge in [-0.25, -0.2) is 0 Å². The van der Waals surface area contributed by atoms with Gasteiger partial charge in [-0.05, 0) is 0 Å². The fourth-order valence-electron chi connectivity index (χ4n) is 4.42. The van der Waals surface area contributed by atoms with Crippen LogP contribution in [0, 0.1) is 11.3 Å². The van der Waals surface area contributed by atoms with Crippen molar-refractivity contribution in [3.8, 4) is 6.07 Å². The summed E-state index contributed by atoms with van der Waals surface area (Å²) in [4.78, 5) is 0. The summed E-state index contributed by atoms with van der Waals surface area (Å²) in [5, 5.41) is 9.09. The predicted octanol–water partition coefficient (Wildman–Crippen LogP) is 6.18. The molecule has 2 heteroatoms. The zero-order chi connectivity index (χ0) is 15.6. The fourth-order valence-corrected chi connectivity index (χ4v) is 12.5. The second kappa shape index (κ2) is 8.95. The molecule has 1 aliphatic rings. The Morgan fingerprint density at radius 2 is 1.52 bits per heavy atom. The standard InChI is InChI=1S/C19H36NP/c1-4-7-14-21(15-8-5-2,16-9-6-3)17-10-11-19(18-21)12-13-20/h12H,4-11,14-18H2,1-3H3/b19-12+. The average molecular weight is 309 g/mol. The summed E-state index contributed by atoms with van der Waals surface area (Å²) in [6.45, 7) is 5.41. The van der Waals surface area contributed by atoms with Crippen molar-refractivity contribution in [3.05, 3.63) is 11.6 Å². The van der Waals surface area contributed by atoms with Gasteiger partial charge in [0.05, 0.1) is 0 Å². The molecule has 1 fully saturated rings. The van der Waals surface area contributed by atoms with Crippen LogP contribution >= 0.6 is 6.60 Å². The first-order valence-corrected chi connectivity index (χ1v) is 12.4. The van der Waals surface area contributed by atoms with Gasteiger partial charge in [-0.3, -0.25) is 0 Å². The van der Waals surface area contributed by atoms with Gasteiger partial charge in [-0.1, -0.05) is 0 Å². The number of nitrogens with zero attached hydrogens (tertiary/aromatic N) is 1. The van der Waals surface area contributed by atoms with Crippen molar-refractivity contribution in [2.75, 3.05) is 30.8 Å². The van der Waals surface area contributed by atoms with E-state index in [9.17, 15) is 0 Å². The second-order valence-corrected chi connectivity index (χ2v) is 14.0. The van der Waals surface area contributed by atoms with Gasteiger partial charge >= 0.3 is 133 Å². The van der Waals surface area contributed by atoms with Crippen LogP contribution in [0.4, 0.5) is 0 Å². The van der Waals surface area contributed by atoms with E-state index in [1.807, 2.05) is 6.08 Å². The van der Waals surface area contributed by atoms with E-state index in [0.717, 1.165) is 0 Å². The summed E-state index contributed by atoms with van der Waals surface area (Å²) in [6, 6.07) is 2.32. The molecule has 1 heterocycles. The number of rotatable bonds is 9. The van der Waals surface area contributed by atoms with Gasteiger partial charge in [-0.15, -0.1) is 0 Å². The molecule has 0 N–H and O–H groups in total. The molecule has 0 aromatic carbocycles. The van der Waals surface area contributed by atoms with Crippen LogP contribution in [0.5, 0.6) is 0 Å². The topological polar surface area (TPSA) is 23.8 Å². The fraction of sp³-hybridized carbons (Fsp3) is 0.842. The van der Waals surface area contributed by atoms with Crippen LogP contribution in [0.25, 0.3) is 0 Å². The molecule has 1 nitrogen and oxygen atoms in total. The Bertz CT molecular complexity index is 353. The number of unbranched alkanes of at least 4 members (excludes halogenated alkanes) is 3. The van der Waals surface area contributed by atoms with Crippen molar-refractivity contribution in [2.45, 2.75) is 72.1 Å². The number of allylic oxidation sites excluding steroid dienone is 2. The Morgan fingerprint density at radius 1 is 1.00 bits per heavy atom. The normalized spacial score (nSPS) is 24.1. The number of hydrogen-bond donors (Lipinski definition) is 0. The minimum atomic E-state index is -1.60. The molecule has 1 saturated heterocycles. The van der Waals surface area contributed by atoms with Crippen molar-refractivity contribution in [1.82, 2.24) is 0 Å². The van der Waals surface area contributed by atoms with Crippen LogP contribution < -0.4 is 0 Å². The first kappa shape index (κ1) is 18.7. The van der Waals surface area contributed by atoms with Gasteiger partial charge in [0.2, 0.25) is 0 Å². The van der Waals surface area contributed by atoms with E-state index < -0.39 is 6.60 Å². The zero-order valence-electron chi connectivity index (χ0n) is 14.7. The molecule has 0 amide bonds. The second-order valence-electron chi connectivity index (χ2n) is 7.38. The molecule has 0 aromatic rings. The van der Waals surface area contributed by atoms with E-state index in [2.05, 4.69) is 26.8 Å². The molecule has 21 heavy (non-hydrogen) atoms. The molecule has 0 atom stereocenters. The van der Waals surface area contributed by atoms with Crippen molar-refractivity contribution in [2.24, 2.45) is 0 Å². The molecule has 0 aliphatic carbocycles. The molecule has 122 valence electrons. The van der Waals surface area contributed by atoms with Gasteiger partial charge < -0.3 is 0 Å². The van der Waals surface area contributed by atoms with Gasteiger partial charge in [0.25, 0.3) is 0 Å². The Kier molecular flexibility index (Phi) is 7.97. The maximum atomic E-state index is 9.09. The zero-order valence-corrected chi connectivity index (χ0v) is 15.6. The van der Waals surface area contributed by atoms with Crippen molar-refractivity contribution in [3.63, 3.8) is 0 Å². The van der Waals surface area contributed by atoms with Gasteiger partial charge in [-0.2, -0.15) is 0 Å². The molecular weight excluding hydrogens is 273 g/mol. The van der Waals surface area contributed by atoms with E-state index in [-0.39, 0.29) is 0 Å². The van der Waals surface area contributed by atoms with Crippen LogP contribution in [0.15, 0.2) is 11.6 Å². The third-order valence-electron chi connectivity index (χ3n) is 5.64. The monoisotopic (exact) mass is 309 g/mol. The van der Waals surface area contributed by atoms with Crippen LogP contribution in [0.1, 0.15) is 72.1 Å². The van der Waals surface area contributed by atoms with E-state index in [1.165, 1.54) is 87.7 Å². The predicted molar refractivity (Wildman–Crippen MR) is 98.9 cm³/mol. The third-order valence-corrected chi connectivity index (χ3v) is 13.3. The van der Waals surface area contributed by atoms with Crippen molar-refractivity contribution in [1.29, 1.82) is 5.26 Å². The average Bonchev–Trinajstić information content (AvgIpc) is 2.51. The Labute approximate surface area is 133 Å². The number of nitriles is 1. The number of hydrogen-bond acceptors (Lipinski definition) is 1. The molecule has 1 aliphatic heterocycles. The summed E-state index contributed by atoms with van der Waals surface area (Å²) < 4.78 is 0. The van der Waals surface area contributed by atoms with E-state index >= 15 is 0 Å². The molecule has 0 aromatic heterocycles. The molecule has 0 unspecified atom stereocenters. The first-order valence-electron chi connectivity index (χ1n) is 9.21. The summed E-state index contributed by atoms with van der Waals surface area (Å²) >= 11 is 0. The van der Waals surface area contributed by atoms with Crippen LogP contribution in [-0.4, -0.2) is 30.8 Å². The molecule has 1 rings (SSSR count). The van der Waals surface area contributed by atoms with Crippen LogP contribution in [0.3, 0.4) is 0 Å². The van der Waals surface area contributed by atoms with Gasteiger partial charge in [0.1, 0.15) is 0 Å². The molecule has 0 radical (unpaired) electrons. The van der Waals surface area contributed by atoms with E-state index in [0.29, 0.717) is 0 Å². The quantitative estimate of drug-likeness (QED) is 0.368.